The minimum absolute atomic E-state index is 0.0386. The van der Waals surface area contributed by atoms with Crippen molar-refractivity contribution in [3.05, 3.63) is 66.0 Å². The van der Waals surface area contributed by atoms with Gasteiger partial charge in [-0.05, 0) is 50.6 Å². The van der Waals surface area contributed by atoms with Gasteiger partial charge < -0.3 is 14.8 Å². The van der Waals surface area contributed by atoms with Gasteiger partial charge in [-0.1, -0.05) is 18.7 Å². The minimum atomic E-state index is -0.151. The largest absolute Gasteiger partial charge is 0.490 e. The third-order valence-electron chi connectivity index (χ3n) is 3.86. The third kappa shape index (κ3) is 5.34. The predicted octanol–water partition coefficient (Wildman–Crippen LogP) is 3.71. The highest BCUT2D eigenvalue weighted by Crippen LogP contribution is 2.28. The number of benzene rings is 1. The molecule has 0 aliphatic rings. The lowest BCUT2D eigenvalue weighted by Gasteiger charge is -2.16. The molecule has 0 radical (unpaired) electrons. The van der Waals surface area contributed by atoms with Gasteiger partial charge in [-0.25, -0.2) is 0 Å². The molecule has 0 unspecified atom stereocenters. The highest BCUT2D eigenvalue weighted by molar-refractivity contribution is 5.95. The van der Waals surface area contributed by atoms with Crippen LogP contribution >= 0.6 is 0 Å². The van der Waals surface area contributed by atoms with E-state index in [2.05, 4.69) is 16.9 Å². The smallest absolute Gasteiger partial charge is 0.251 e. The van der Waals surface area contributed by atoms with Crippen LogP contribution in [0.1, 0.15) is 35.5 Å². The lowest BCUT2D eigenvalue weighted by Crippen LogP contribution is -2.34. The fraction of sp³-hybridized carbons (Fsp3) is 0.333. The quantitative estimate of drug-likeness (QED) is 0.697. The number of hydrogen-bond donors (Lipinski definition) is 1. The highest BCUT2D eigenvalue weighted by Gasteiger charge is 2.15. The fourth-order valence-electron chi connectivity index (χ4n) is 2.57. The van der Waals surface area contributed by atoms with E-state index in [1.165, 1.54) is 0 Å². The number of ether oxygens (including phenoxy) is 2. The molecule has 2 rings (SSSR count). The predicted molar refractivity (Wildman–Crippen MR) is 103 cm³/mol. The fourth-order valence-corrected chi connectivity index (χ4v) is 2.57. The molecule has 5 heteroatoms. The van der Waals surface area contributed by atoms with Crippen molar-refractivity contribution in [1.82, 2.24) is 10.3 Å². The number of carbonyl (C=O) groups excluding carboxylic acids is 1. The number of rotatable bonds is 9. The number of aryl methyl sites for hydroxylation is 1. The van der Waals surface area contributed by atoms with Crippen molar-refractivity contribution >= 4 is 5.91 Å². The molecular weight excluding hydrogens is 328 g/mol. The molecule has 138 valence electrons. The van der Waals surface area contributed by atoms with Crippen molar-refractivity contribution < 1.29 is 14.3 Å². The van der Waals surface area contributed by atoms with Crippen molar-refractivity contribution in [3.8, 4) is 11.5 Å². The average molecular weight is 354 g/mol. The monoisotopic (exact) mass is 354 g/mol. The average Bonchev–Trinajstić information content (AvgIpc) is 2.62. The van der Waals surface area contributed by atoms with Crippen molar-refractivity contribution in [2.75, 3.05) is 13.2 Å². The van der Waals surface area contributed by atoms with E-state index in [0.29, 0.717) is 36.7 Å². The first-order valence-corrected chi connectivity index (χ1v) is 8.77. The molecule has 0 spiro atoms. The molecule has 5 nitrogen and oxygen atoms in total. The Bertz CT molecular complexity index is 759. The molecule has 0 saturated heterocycles. The Morgan fingerprint density at radius 1 is 1.31 bits per heavy atom. The van der Waals surface area contributed by atoms with E-state index in [1.807, 2.05) is 32.9 Å². The van der Waals surface area contributed by atoms with E-state index in [1.54, 1.807) is 30.5 Å². The maximum Gasteiger partial charge on any atom is 0.251 e. The Balaban J connectivity index is 2.07. The van der Waals surface area contributed by atoms with Crippen LogP contribution in [0.4, 0.5) is 0 Å². The molecule has 0 aliphatic carbocycles. The van der Waals surface area contributed by atoms with E-state index in [9.17, 15) is 4.79 Å². The van der Waals surface area contributed by atoms with Crippen molar-refractivity contribution in [2.24, 2.45) is 0 Å². The summed E-state index contributed by atoms with van der Waals surface area (Å²) in [6.07, 6.45) is 4.11. The van der Waals surface area contributed by atoms with E-state index < -0.39 is 0 Å². The SMILES string of the molecule is C=CCOc1ccc(C(=O)N[C@@H](C)Cc2ncccc2C)cc1OCC. The molecule has 1 atom stereocenters. The minimum Gasteiger partial charge on any atom is -0.490 e. The van der Waals surface area contributed by atoms with Crippen LogP contribution in [0.3, 0.4) is 0 Å². The second kappa shape index (κ2) is 9.61. The molecule has 1 heterocycles. The second-order valence-electron chi connectivity index (χ2n) is 6.04. The summed E-state index contributed by atoms with van der Waals surface area (Å²) < 4.78 is 11.2. The van der Waals surface area contributed by atoms with Crippen LogP contribution in [0.5, 0.6) is 11.5 Å². The summed E-state index contributed by atoms with van der Waals surface area (Å²) in [5, 5.41) is 3.01. The zero-order chi connectivity index (χ0) is 18.9. The molecule has 0 bridgehead atoms. The van der Waals surface area contributed by atoms with E-state index in [-0.39, 0.29) is 11.9 Å². The maximum atomic E-state index is 12.6. The number of pyridine rings is 1. The van der Waals surface area contributed by atoms with E-state index in [0.717, 1.165) is 11.3 Å². The van der Waals surface area contributed by atoms with Crippen molar-refractivity contribution in [2.45, 2.75) is 33.2 Å². The van der Waals surface area contributed by atoms with Gasteiger partial charge in [-0.3, -0.25) is 9.78 Å². The van der Waals surface area contributed by atoms with Gasteiger partial charge in [0.15, 0.2) is 11.5 Å². The molecule has 26 heavy (non-hydrogen) atoms. The summed E-state index contributed by atoms with van der Waals surface area (Å²) in [6.45, 7) is 10.4. The van der Waals surface area contributed by atoms with Gasteiger partial charge in [0.1, 0.15) is 6.61 Å². The third-order valence-corrected chi connectivity index (χ3v) is 3.86. The molecule has 1 amide bonds. The van der Waals surface area contributed by atoms with E-state index in [4.69, 9.17) is 9.47 Å². The van der Waals surface area contributed by atoms with Crippen molar-refractivity contribution in [3.63, 3.8) is 0 Å². The first kappa shape index (κ1) is 19.5. The van der Waals surface area contributed by atoms with Gasteiger partial charge in [0.05, 0.1) is 6.61 Å². The number of aromatic nitrogens is 1. The summed E-state index contributed by atoms with van der Waals surface area (Å²) in [4.78, 5) is 16.9. The molecule has 1 aromatic heterocycles. The zero-order valence-electron chi connectivity index (χ0n) is 15.6. The Kier molecular flexibility index (Phi) is 7.21. The summed E-state index contributed by atoms with van der Waals surface area (Å²) in [6, 6.07) is 9.08. The molecule has 1 N–H and O–H groups in total. The number of carbonyl (C=O) groups is 1. The maximum absolute atomic E-state index is 12.6. The lowest BCUT2D eigenvalue weighted by atomic mass is 10.1. The van der Waals surface area contributed by atoms with Gasteiger partial charge in [-0.2, -0.15) is 0 Å². The first-order chi connectivity index (χ1) is 12.5. The second-order valence-corrected chi connectivity index (χ2v) is 6.04. The van der Waals surface area contributed by atoms with Gasteiger partial charge in [0.2, 0.25) is 0 Å². The Labute approximate surface area is 155 Å². The number of nitrogens with zero attached hydrogens (tertiary/aromatic N) is 1. The molecule has 0 saturated carbocycles. The number of nitrogens with one attached hydrogen (secondary N) is 1. The molecule has 0 fully saturated rings. The van der Waals surface area contributed by atoms with Crippen LogP contribution < -0.4 is 14.8 Å². The summed E-state index contributed by atoms with van der Waals surface area (Å²) in [7, 11) is 0. The summed E-state index contributed by atoms with van der Waals surface area (Å²) in [5.41, 5.74) is 2.64. The van der Waals surface area contributed by atoms with Crippen LogP contribution in [0, 0.1) is 6.92 Å². The molecule has 1 aromatic carbocycles. The first-order valence-electron chi connectivity index (χ1n) is 8.77. The van der Waals surface area contributed by atoms with Crippen LogP contribution in [0.25, 0.3) is 0 Å². The lowest BCUT2D eigenvalue weighted by molar-refractivity contribution is 0.0939. The normalized spacial score (nSPS) is 11.5. The highest BCUT2D eigenvalue weighted by atomic mass is 16.5. The summed E-state index contributed by atoms with van der Waals surface area (Å²) >= 11 is 0. The topological polar surface area (TPSA) is 60.5 Å². The van der Waals surface area contributed by atoms with Crippen molar-refractivity contribution in [1.29, 1.82) is 0 Å². The van der Waals surface area contributed by atoms with Gasteiger partial charge in [0.25, 0.3) is 5.91 Å². The molecule has 0 aliphatic heterocycles. The van der Waals surface area contributed by atoms with Crippen LogP contribution in [0.15, 0.2) is 49.2 Å². The Morgan fingerprint density at radius 3 is 2.81 bits per heavy atom. The van der Waals surface area contributed by atoms with Gasteiger partial charge >= 0.3 is 0 Å². The Hall–Kier alpha value is -2.82. The van der Waals surface area contributed by atoms with Gasteiger partial charge in [-0.15, -0.1) is 0 Å². The zero-order valence-corrected chi connectivity index (χ0v) is 15.6. The Morgan fingerprint density at radius 2 is 2.12 bits per heavy atom. The number of hydrogen-bond acceptors (Lipinski definition) is 4. The molecular formula is C21H26N2O3. The standard InChI is InChI=1S/C21H26N2O3/c1-5-12-26-19-10-9-17(14-20(19)25-6-2)21(24)23-16(4)13-18-15(3)8-7-11-22-18/h5,7-11,14,16H,1,6,12-13H2,2-4H3,(H,23,24)/t16-/m0/s1. The van der Waals surface area contributed by atoms with Crippen LogP contribution in [0.2, 0.25) is 0 Å². The summed E-state index contributed by atoms with van der Waals surface area (Å²) in [5.74, 6) is 0.998. The van der Waals surface area contributed by atoms with Crippen LogP contribution in [-0.2, 0) is 6.42 Å². The number of amides is 1. The van der Waals surface area contributed by atoms with Gasteiger partial charge in [0, 0.05) is 29.9 Å². The molecule has 2 aromatic rings. The van der Waals surface area contributed by atoms with Crippen LogP contribution in [-0.4, -0.2) is 30.1 Å². The van der Waals surface area contributed by atoms with E-state index >= 15 is 0 Å².